The van der Waals surface area contributed by atoms with Crippen LogP contribution in [0.4, 0.5) is 0 Å². The van der Waals surface area contributed by atoms with Gasteiger partial charge in [0, 0.05) is 16.9 Å². The van der Waals surface area contributed by atoms with E-state index in [0.29, 0.717) is 0 Å². The third-order valence-electron chi connectivity index (χ3n) is 0.768. The molecule has 0 aromatic heterocycles. The van der Waals surface area contributed by atoms with E-state index in [4.69, 9.17) is 10.8 Å². The maximum atomic E-state index is 8.49. The molecule has 0 bridgehead atoms. The van der Waals surface area contributed by atoms with E-state index in [1.165, 1.54) is 0 Å². The number of hydrogen-bond donors (Lipinski definition) is 2. The van der Waals surface area contributed by atoms with Crippen molar-refractivity contribution < 1.29 is 5.11 Å². The molecule has 0 spiro atoms. The normalized spacial score (nSPS) is 13.7. The Balaban J connectivity index is 2.88. The standard InChI is InChI=1S/C5H13NOS2/c1-8-4-9-3-5(6)2-7/h5,7H,2-4,6H2,1H3/t5-/m0/s1. The Hall–Kier alpha value is 0.620. The monoisotopic (exact) mass is 167 g/mol. The van der Waals surface area contributed by atoms with E-state index in [9.17, 15) is 0 Å². The Labute approximate surface area is 64.6 Å². The van der Waals surface area contributed by atoms with Crippen molar-refractivity contribution in [1.82, 2.24) is 0 Å². The van der Waals surface area contributed by atoms with Crippen LogP contribution in [0.3, 0.4) is 0 Å². The highest BCUT2D eigenvalue weighted by atomic mass is 32.2. The largest absolute Gasteiger partial charge is 0.395 e. The zero-order valence-electron chi connectivity index (χ0n) is 5.54. The van der Waals surface area contributed by atoms with Crippen molar-refractivity contribution in [1.29, 1.82) is 0 Å². The summed E-state index contributed by atoms with van der Waals surface area (Å²) in [5.41, 5.74) is 5.43. The van der Waals surface area contributed by atoms with Gasteiger partial charge < -0.3 is 10.8 Å². The zero-order valence-corrected chi connectivity index (χ0v) is 7.17. The van der Waals surface area contributed by atoms with Gasteiger partial charge in [0.25, 0.3) is 0 Å². The predicted octanol–water partition coefficient (Wildman–Crippen LogP) is 0.360. The summed E-state index contributed by atoms with van der Waals surface area (Å²) in [4.78, 5) is 0. The van der Waals surface area contributed by atoms with E-state index in [0.717, 1.165) is 10.8 Å². The number of aliphatic hydroxyl groups is 1. The number of aliphatic hydroxyl groups excluding tert-OH is 1. The molecule has 0 heterocycles. The molecule has 0 aromatic rings. The Kier molecular flexibility index (Phi) is 7.20. The molecule has 56 valence electrons. The molecule has 3 N–H and O–H groups in total. The highest BCUT2D eigenvalue weighted by Crippen LogP contribution is 2.08. The molecule has 0 aliphatic heterocycles. The molecule has 0 rings (SSSR count). The summed E-state index contributed by atoms with van der Waals surface area (Å²) in [5, 5.41) is 9.55. The number of hydrogen-bond acceptors (Lipinski definition) is 4. The summed E-state index contributed by atoms with van der Waals surface area (Å²) in [6.45, 7) is 0.0986. The smallest absolute Gasteiger partial charge is 0.0590 e. The topological polar surface area (TPSA) is 46.2 Å². The van der Waals surface area contributed by atoms with Crippen LogP contribution < -0.4 is 5.73 Å². The van der Waals surface area contributed by atoms with Gasteiger partial charge in [-0.3, -0.25) is 0 Å². The Morgan fingerprint density at radius 1 is 1.67 bits per heavy atom. The van der Waals surface area contributed by atoms with Gasteiger partial charge in [-0.05, 0) is 6.26 Å². The SMILES string of the molecule is CSCSC[C@@H](N)CO. The second-order valence-corrected chi connectivity index (χ2v) is 3.98. The summed E-state index contributed by atoms with van der Waals surface area (Å²) in [6.07, 6.45) is 2.05. The van der Waals surface area contributed by atoms with Crippen LogP contribution in [0.1, 0.15) is 0 Å². The second-order valence-electron chi connectivity index (χ2n) is 1.72. The minimum absolute atomic E-state index is 0.0397. The van der Waals surface area contributed by atoms with E-state index in [-0.39, 0.29) is 12.6 Å². The van der Waals surface area contributed by atoms with Gasteiger partial charge >= 0.3 is 0 Å². The van der Waals surface area contributed by atoms with Crippen molar-refractivity contribution >= 4 is 23.5 Å². The van der Waals surface area contributed by atoms with Crippen LogP contribution in [0.25, 0.3) is 0 Å². The first kappa shape index (κ1) is 9.62. The zero-order chi connectivity index (χ0) is 7.11. The molecule has 4 heteroatoms. The van der Waals surface area contributed by atoms with Crippen LogP contribution in [0, 0.1) is 0 Å². The molecule has 9 heavy (non-hydrogen) atoms. The summed E-state index contributed by atoms with van der Waals surface area (Å²) in [6, 6.07) is -0.0397. The summed E-state index contributed by atoms with van der Waals surface area (Å²) < 4.78 is 0. The van der Waals surface area contributed by atoms with Crippen molar-refractivity contribution in [2.24, 2.45) is 5.73 Å². The van der Waals surface area contributed by atoms with Crippen LogP contribution in [0.2, 0.25) is 0 Å². The lowest BCUT2D eigenvalue weighted by Gasteiger charge is -2.04. The fourth-order valence-corrected chi connectivity index (χ4v) is 1.80. The van der Waals surface area contributed by atoms with Crippen molar-refractivity contribution in [3.05, 3.63) is 0 Å². The molecule has 0 unspecified atom stereocenters. The van der Waals surface area contributed by atoms with Gasteiger partial charge in [-0.2, -0.15) is 11.8 Å². The van der Waals surface area contributed by atoms with Gasteiger partial charge in [-0.25, -0.2) is 0 Å². The van der Waals surface area contributed by atoms with Gasteiger partial charge in [-0.1, -0.05) is 0 Å². The molecule has 0 aliphatic carbocycles. The number of thioether (sulfide) groups is 2. The Morgan fingerprint density at radius 2 is 2.33 bits per heavy atom. The minimum atomic E-state index is -0.0397. The van der Waals surface area contributed by atoms with Gasteiger partial charge in [0.05, 0.1) is 6.61 Å². The first-order valence-electron chi connectivity index (χ1n) is 2.74. The van der Waals surface area contributed by atoms with Gasteiger partial charge in [0.15, 0.2) is 0 Å². The molecular formula is C5H13NOS2. The first-order valence-corrected chi connectivity index (χ1v) is 5.29. The van der Waals surface area contributed by atoms with Crippen LogP contribution in [0.15, 0.2) is 0 Å². The Bertz CT molecular complexity index is 62.9. The quantitative estimate of drug-likeness (QED) is 0.458. The highest BCUT2D eigenvalue weighted by Gasteiger charge is 1.97. The van der Waals surface area contributed by atoms with Crippen molar-refractivity contribution in [2.75, 3.05) is 23.7 Å². The van der Waals surface area contributed by atoms with Gasteiger partial charge in [0.2, 0.25) is 0 Å². The molecule has 0 saturated carbocycles. The summed E-state index contributed by atoms with van der Waals surface area (Å²) in [5.74, 6) is 0.858. The number of nitrogens with two attached hydrogens (primary N) is 1. The molecular weight excluding hydrogens is 154 g/mol. The van der Waals surface area contributed by atoms with Crippen LogP contribution in [-0.2, 0) is 0 Å². The lowest BCUT2D eigenvalue weighted by Crippen LogP contribution is -2.26. The number of rotatable bonds is 5. The maximum Gasteiger partial charge on any atom is 0.0590 e. The molecule has 0 aliphatic rings. The highest BCUT2D eigenvalue weighted by molar-refractivity contribution is 8.15. The van der Waals surface area contributed by atoms with Crippen LogP contribution >= 0.6 is 23.5 Å². The second kappa shape index (κ2) is 6.74. The molecule has 0 amide bonds. The van der Waals surface area contributed by atoms with E-state index in [1.54, 1.807) is 23.5 Å². The third-order valence-corrected chi connectivity index (χ3v) is 3.04. The van der Waals surface area contributed by atoms with Gasteiger partial charge in [0.1, 0.15) is 0 Å². The fraction of sp³-hybridized carbons (Fsp3) is 1.00. The molecule has 0 fully saturated rings. The van der Waals surface area contributed by atoms with E-state index < -0.39 is 0 Å². The third kappa shape index (κ3) is 6.51. The first-order chi connectivity index (χ1) is 4.31. The predicted molar refractivity (Wildman–Crippen MR) is 45.9 cm³/mol. The molecule has 0 radical (unpaired) electrons. The summed E-state index contributed by atoms with van der Waals surface area (Å²) >= 11 is 3.54. The summed E-state index contributed by atoms with van der Waals surface area (Å²) in [7, 11) is 0. The molecule has 0 saturated heterocycles. The maximum absolute atomic E-state index is 8.49. The molecule has 2 nitrogen and oxygen atoms in total. The average Bonchev–Trinajstić information content (AvgIpc) is 1.89. The van der Waals surface area contributed by atoms with E-state index in [2.05, 4.69) is 6.26 Å². The lowest BCUT2D eigenvalue weighted by atomic mass is 10.4. The van der Waals surface area contributed by atoms with Crippen LogP contribution in [0.5, 0.6) is 0 Å². The van der Waals surface area contributed by atoms with Gasteiger partial charge in [-0.15, -0.1) is 11.8 Å². The molecule has 1 atom stereocenters. The molecule has 0 aromatic carbocycles. The van der Waals surface area contributed by atoms with Crippen LogP contribution in [-0.4, -0.2) is 34.8 Å². The van der Waals surface area contributed by atoms with Crippen molar-refractivity contribution in [3.8, 4) is 0 Å². The average molecular weight is 167 g/mol. The Morgan fingerprint density at radius 3 is 2.78 bits per heavy atom. The van der Waals surface area contributed by atoms with E-state index in [1.807, 2.05) is 0 Å². The van der Waals surface area contributed by atoms with Crippen molar-refractivity contribution in [2.45, 2.75) is 6.04 Å². The van der Waals surface area contributed by atoms with Crippen molar-refractivity contribution in [3.63, 3.8) is 0 Å². The lowest BCUT2D eigenvalue weighted by molar-refractivity contribution is 0.275. The van der Waals surface area contributed by atoms with E-state index >= 15 is 0 Å². The fourth-order valence-electron chi connectivity index (χ4n) is 0.336. The minimum Gasteiger partial charge on any atom is -0.395 e.